The lowest BCUT2D eigenvalue weighted by atomic mass is 10.1. The highest BCUT2D eigenvalue weighted by Crippen LogP contribution is 2.27. The smallest absolute Gasteiger partial charge is 0.225 e. The molecular formula is C24H22N4O3S. The maximum atomic E-state index is 12.3. The Morgan fingerprint density at radius 2 is 1.66 bits per heavy atom. The average Bonchev–Trinajstić information content (AvgIpc) is 2.80. The third-order valence-corrected chi connectivity index (χ3v) is 5.42. The van der Waals surface area contributed by atoms with E-state index in [4.69, 9.17) is 4.74 Å². The highest BCUT2D eigenvalue weighted by Gasteiger charge is 2.10. The summed E-state index contributed by atoms with van der Waals surface area (Å²) in [6.07, 6.45) is 0.261. The molecule has 0 unspecified atom stereocenters. The highest BCUT2D eigenvalue weighted by molar-refractivity contribution is 7.99. The van der Waals surface area contributed by atoms with Crippen molar-refractivity contribution in [1.29, 1.82) is 5.26 Å². The van der Waals surface area contributed by atoms with E-state index in [1.54, 1.807) is 37.4 Å². The monoisotopic (exact) mass is 446 g/mol. The van der Waals surface area contributed by atoms with Crippen molar-refractivity contribution in [3.8, 4) is 23.1 Å². The Bertz CT molecular complexity index is 1140. The molecule has 162 valence electrons. The van der Waals surface area contributed by atoms with Crippen LogP contribution in [0.4, 0.5) is 11.4 Å². The fourth-order valence-corrected chi connectivity index (χ4v) is 3.78. The van der Waals surface area contributed by atoms with Gasteiger partial charge < -0.3 is 15.4 Å². The van der Waals surface area contributed by atoms with Crippen molar-refractivity contribution in [1.82, 2.24) is 4.98 Å². The van der Waals surface area contributed by atoms with Gasteiger partial charge in [-0.3, -0.25) is 9.59 Å². The number of benzene rings is 2. The summed E-state index contributed by atoms with van der Waals surface area (Å²) in [5.41, 5.74) is 3.45. The molecular weight excluding hydrogens is 424 g/mol. The second-order valence-electron chi connectivity index (χ2n) is 6.79. The summed E-state index contributed by atoms with van der Waals surface area (Å²) in [5, 5.41) is 15.5. The van der Waals surface area contributed by atoms with E-state index in [1.165, 1.54) is 18.7 Å². The Hall–Kier alpha value is -3.83. The third kappa shape index (κ3) is 6.33. The van der Waals surface area contributed by atoms with Crippen molar-refractivity contribution in [2.45, 2.75) is 18.4 Å². The number of nitrogens with zero attached hydrogens (tertiary/aromatic N) is 2. The van der Waals surface area contributed by atoms with Gasteiger partial charge in [-0.2, -0.15) is 5.26 Å². The molecule has 2 aromatic carbocycles. The summed E-state index contributed by atoms with van der Waals surface area (Å²) < 4.78 is 5.18. The molecule has 1 aromatic heterocycles. The number of pyridine rings is 1. The van der Waals surface area contributed by atoms with Gasteiger partial charge in [0.2, 0.25) is 11.8 Å². The maximum Gasteiger partial charge on any atom is 0.225 e. The number of hydrogen-bond donors (Lipinski definition) is 2. The van der Waals surface area contributed by atoms with Gasteiger partial charge in [-0.25, -0.2) is 4.98 Å². The fraction of sp³-hybridized carbons (Fsp3) is 0.167. The first-order valence-corrected chi connectivity index (χ1v) is 10.8. The van der Waals surface area contributed by atoms with Gasteiger partial charge in [0.1, 0.15) is 16.8 Å². The highest BCUT2D eigenvalue weighted by atomic mass is 32.2. The number of carbonyl (C=O) groups excluding carboxylic acids is 2. The van der Waals surface area contributed by atoms with Gasteiger partial charge in [0, 0.05) is 36.0 Å². The van der Waals surface area contributed by atoms with Crippen LogP contribution in [-0.2, 0) is 9.59 Å². The average molecular weight is 447 g/mol. The molecule has 0 aliphatic rings. The van der Waals surface area contributed by atoms with Crippen LogP contribution in [0.1, 0.15) is 18.9 Å². The van der Waals surface area contributed by atoms with Crippen molar-refractivity contribution in [2.75, 3.05) is 23.5 Å². The normalized spacial score (nSPS) is 10.2. The Morgan fingerprint density at radius 3 is 2.25 bits per heavy atom. The summed E-state index contributed by atoms with van der Waals surface area (Å²) in [5.74, 6) is 0.936. The second-order valence-corrected chi connectivity index (χ2v) is 7.88. The van der Waals surface area contributed by atoms with Crippen LogP contribution in [0.2, 0.25) is 0 Å². The summed E-state index contributed by atoms with van der Waals surface area (Å²) in [4.78, 5) is 28.0. The topological polar surface area (TPSA) is 104 Å². The van der Waals surface area contributed by atoms with Crippen LogP contribution in [0, 0.1) is 11.3 Å². The van der Waals surface area contributed by atoms with Crippen LogP contribution in [0.25, 0.3) is 11.3 Å². The molecule has 2 N–H and O–H groups in total. The second kappa shape index (κ2) is 11.0. The molecule has 8 heteroatoms. The van der Waals surface area contributed by atoms with Crippen molar-refractivity contribution < 1.29 is 14.3 Å². The standard InChI is InChI=1S/C24H22N4O3S/c1-16(29)26-19-6-8-20(9-7-19)27-23(30)13-14-32-24-18(15-25)5-12-22(28-24)17-3-10-21(31-2)11-4-17/h3-12H,13-14H2,1-2H3,(H,26,29)(H,27,30). The summed E-state index contributed by atoms with van der Waals surface area (Å²) in [6.45, 7) is 1.44. The van der Waals surface area contributed by atoms with Gasteiger partial charge in [-0.1, -0.05) is 0 Å². The van der Waals surface area contributed by atoms with Gasteiger partial charge in [0.25, 0.3) is 0 Å². The molecule has 32 heavy (non-hydrogen) atoms. The minimum atomic E-state index is -0.153. The SMILES string of the molecule is COc1ccc(-c2ccc(C#N)c(SCCC(=O)Nc3ccc(NC(C)=O)cc3)n2)cc1. The van der Waals surface area contributed by atoms with Gasteiger partial charge in [0.05, 0.1) is 18.4 Å². The van der Waals surface area contributed by atoms with E-state index < -0.39 is 0 Å². The molecule has 0 fully saturated rings. The van der Waals surface area contributed by atoms with Crippen LogP contribution in [0.3, 0.4) is 0 Å². The molecule has 0 saturated heterocycles. The molecule has 3 rings (SSSR count). The first-order chi connectivity index (χ1) is 15.5. The number of anilines is 2. The molecule has 0 spiro atoms. The first-order valence-electron chi connectivity index (χ1n) is 9.84. The van der Waals surface area contributed by atoms with Crippen LogP contribution >= 0.6 is 11.8 Å². The molecule has 0 saturated carbocycles. The summed E-state index contributed by atoms with van der Waals surface area (Å²) in [7, 11) is 1.61. The zero-order valence-electron chi connectivity index (χ0n) is 17.7. The number of nitrogens with one attached hydrogen (secondary N) is 2. The minimum Gasteiger partial charge on any atom is -0.497 e. The number of rotatable bonds is 8. The molecule has 7 nitrogen and oxygen atoms in total. The summed E-state index contributed by atoms with van der Waals surface area (Å²) >= 11 is 1.37. The molecule has 0 atom stereocenters. The van der Waals surface area contributed by atoms with Crippen molar-refractivity contribution in [3.63, 3.8) is 0 Å². The molecule has 0 radical (unpaired) electrons. The number of thioether (sulfide) groups is 1. The van der Waals surface area contributed by atoms with E-state index in [-0.39, 0.29) is 18.2 Å². The molecule has 0 aliphatic carbocycles. The Morgan fingerprint density at radius 1 is 1.00 bits per heavy atom. The van der Waals surface area contributed by atoms with E-state index in [0.717, 1.165) is 17.0 Å². The predicted octanol–water partition coefficient (Wildman–Crippen LogP) is 4.71. The maximum absolute atomic E-state index is 12.3. The molecule has 0 bridgehead atoms. The van der Waals surface area contributed by atoms with E-state index in [0.29, 0.717) is 27.7 Å². The zero-order chi connectivity index (χ0) is 22.9. The van der Waals surface area contributed by atoms with Crippen LogP contribution < -0.4 is 15.4 Å². The minimum absolute atomic E-state index is 0.144. The van der Waals surface area contributed by atoms with E-state index in [9.17, 15) is 14.9 Å². The lowest BCUT2D eigenvalue weighted by Crippen LogP contribution is -2.12. The lowest BCUT2D eigenvalue weighted by molar-refractivity contribution is -0.116. The zero-order valence-corrected chi connectivity index (χ0v) is 18.5. The number of nitriles is 1. The fourth-order valence-electron chi connectivity index (χ4n) is 2.86. The predicted molar refractivity (Wildman–Crippen MR) is 126 cm³/mol. The van der Waals surface area contributed by atoms with Crippen LogP contribution in [0.15, 0.2) is 65.7 Å². The van der Waals surface area contributed by atoms with E-state index in [2.05, 4.69) is 21.7 Å². The Labute approximate surface area is 190 Å². The van der Waals surface area contributed by atoms with E-state index in [1.807, 2.05) is 30.3 Å². The number of amides is 2. The van der Waals surface area contributed by atoms with Crippen LogP contribution in [-0.4, -0.2) is 29.7 Å². The largest absolute Gasteiger partial charge is 0.497 e. The van der Waals surface area contributed by atoms with E-state index >= 15 is 0 Å². The number of ether oxygens (including phenoxy) is 1. The van der Waals surface area contributed by atoms with Crippen molar-refractivity contribution in [2.24, 2.45) is 0 Å². The molecule has 1 heterocycles. The third-order valence-electron chi connectivity index (χ3n) is 4.42. The number of hydrogen-bond acceptors (Lipinski definition) is 6. The number of carbonyl (C=O) groups is 2. The Balaban J connectivity index is 1.59. The number of methoxy groups -OCH3 is 1. The summed E-state index contributed by atoms with van der Waals surface area (Å²) in [6, 6.07) is 20.1. The van der Waals surface area contributed by atoms with Gasteiger partial charge in [-0.15, -0.1) is 11.8 Å². The first kappa shape index (κ1) is 22.8. The molecule has 3 aromatic rings. The van der Waals surface area contributed by atoms with Crippen molar-refractivity contribution >= 4 is 35.0 Å². The molecule has 2 amide bonds. The molecule has 0 aliphatic heterocycles. The van der Waals surface area contributed by atoms with Gasteiger partial charge in [0.15, 0.2) is 0 Å². The van der Waals surface area contributed by atoms with Crippen LogP contribution in [0.5, 0.6) is 5.75 Å². The lowest BCUT2D eigenvalue weighted by Gasteiger charge is -2.09. The Kier molecular flexibility index (Phi) is 7.84. The van der Waals surface area contributed by atoms with Gasteiger partial charge in [-0.05, 0) is 60.7 Å². The quantitative estimate of drug-likeness (QED) is 0.486. The number of aromatic nitrogens is 1. The van der Waals surface area contributed by atoms with Gasteiger partial charge >= 0.3 is 0 Å². The van der Waals surface area contributed by atoms with Crippen molar-refractivity contribution in [3.05, 3.63) is 66.2 Å².